The number of pyridine rings is 2. The van der Waals surface area contributed by atoms with Gasteiger partial charge in [-0.2, -0.15) is 0 Å². The summed E-state index contributed by atoms with van der Waals surface area (Å²) >= 11 is 0. The fourth-order valence-electron chi connectivity index (χ4n) is 2.90. The number of nitrogens with one attached hydrogen (secondary N) is 1. The van der Waals surface area contributed by atoms with Gasteiger partial charge in [0.1, 0.15) is 5.82 Å². The van der Waals surface area contributed by atoms with Crippen LogP contribution in [0.1, 0.15) is 15.9 Å². The molecular weight excluding hydrogens is 300 g/mol. The first kappa shape index (κ1) is 14.4. The van der Waals surface area contributed by atoms with Crippen LogP contribution in [0.3, 0.4) is 0 Å². The van der Waals surface area contributed by atoms with Crippen molar-refractivity contribution >= 4 is 23.1 Å². The Labute approximate surface area is 140 Å². The lowest BCUT2D eigenvalue weighted by atomic mass is 10.2. The largest absolute Gasteiger partial charge is 0.326 e. The Hall–Kier alpha value is -3.21. The summed E-state index contributed by atoms with van der Waals surface area (Å²) in [5.41, 5.74) is 3.71. The van der Waals surface area contributed by atoms with Gasteiger partial charge in [0.2, 0.25) is 0 Å². The zero-order valence-corrected chi connectivity index (χ0v) is 13.0. The number of anilines is 3. The van der Waals surface area contributed by atoms with E-state index < -0.39 is 0 Å². The summed E-state index contributed by atoms with van der Waals surface area (Å²) in [6.07, 6.45) is 5.91. The van der Waals surface area contributed by atoms with Crippen LogP contribution in [0.5, 0.6) is 0 Å². The standard InChI is InChI=1S/C19H16N4O/c24-19(22-16-5-3-10-20-13-16)15-7-8-18(21-12-15)23-11-9-14-4-1-2-6-17(14)23/h1-8,10,12-13H,9,11H2,(H,22,24). The molecule has 0 unspecified atom stereocenters. The molecule has 0 saturated carbocycles. The van der Waals surface area contributed by atoms with E-state index in [1.807, 2.05) is 12.1 Å². The van der Waals surface area contributed by atoms with Crippen molar-refractivity contribution in [3.8, 4) is 0 Å². The molecule has 0 spiro atoms. The van der Waals surface area contributed by atoms with Crippen LogP contribution in [0.25, 0.3) is 0 Å². The normalized spacial score (nSPS) is 12.8. The minimum Gasteiger partial charge on any atom is -0.326 e. The van der Waals surface area contributed by atoms with Gasteiger partial charge in [0.25, 0.3) is 5.91 Å². The molecule has 5 nitrogen and oxygen atoms in total. The number of benzene rings is 1. The SMILES string of the molecule is O=C(Nc1cccnc1)c1ccc(N2CCc3ccccc32)nc1. The second kappa shape index (κ2) is 6.12. The zero-order chi connectivity index (χ0) is 16.4. The Bertz CT molecular complexity index is 862. The third-order valence-electron chi connectivity index (χ3n) is 4.09. The predicted octanol–water partition coefficient (Wildman–Crippen LogP) is 3.42. The van der Waals surface area contributed by atoms with Crippen molar-refractivity contribution in [2.75, 3.05) is 16.8 Å². The van der Waals surface area contributed by atoms with Crippen LogP contribution < -0.4 is 10.2 Å². The van der Waals surface area contributed by atoms with Crippen LogP contribution >= 0.6 is 0 Å². The van der Waals surface area contributed by atoms with Crippen LogP contribution in [-0.4, -0.2) is 22.4 Å². The maximum Gasteiger partial charge on any atom is 0.257 e. The molecule has 3 heterocycles. The second-order valence-corrected chi connectivity index (χ2v) is 5.63. The molecule has 1 N–H and O–H groups in total. The molecule has 0 saturated heterocycles. The van der Waals surface area contributed by atoms with Crippen molar-refractivity contribution in [3.05, 3.63) is 78.2 Å². The maximum absolute atomic E-state index is 12.3. The molecule has 2 aromatic heterocycles. The number of aromatic nitrogens is 2. The monoisotopic (exact) mass is 316 g/mol. The fraction of sp³-hybridized carbons (Fsp3) is 0.105. The van der Waals surface area contributed by atoms with E-state index in [1.165, 1.54) is 11.3 Å². The topological polar surface area (TPSA) is 58.1 Å². The average molecular weight is 316 g/mol. The fourth-order valence-corrected chi connectivity index (χ4v) is 2.90. The minimum atomic E-state index is -0.191. The first-order chi connectivity index (χ1) is 11.8. The van der Waals surface area contributed by atoms with Gasteiger partial charge >= 0.3 is 0 Å². The van der Waals surface area contributed by atoms with Crippen LogP contribution in [0.2, 0.25) is 0 Å². The van der Waals surface area contributed by atoms with Crippen LogP contribution in [-0.2, 0) is 6.42 Å². The summed E-state index contributed by atoms with van der Waals surface area (Å²) in [5, 5.41) is 2.81. The minimum absolute atomic E-state index is 0.191. The smallest absolute Gasteiger partial charge is 0.257 e. The van der Waals surface area contributed by atoms with Gasteiger partial charge in [0.05, 0.1) is 17.4 Å². The lowest BCUT2D eigenvalue weighted by molar-refractivity contribution is 0.102. The van der Waals surface area contributed by atoms with Crippen molar-refractivity contribution in [2.45, 2.75) is 6.42 Å². The average Bonchev–Trinajstić information content (AvgIpc) is 3.07. The third kappa shape index (κ3) is 2.72. The van der Waals surface area contributed by atoms with Gasteiger partial charge < -0.3 is 10.2 Å². The highest BCUT2D eigenvalue weighted by Gasteiger charge is 2.20. The number of nitrogens with zero attached hydrogens (tertiary/aromatic N) is 3. The van der Waals surface area contributed by atoms with Crippen molar-refractivity contribution in [1.82, 2.24) is 9.97 Å². The summed E-state index contributed by atoms with van der Waals surface area (Å²) in [6.45, 7) is 0.910. The number of hydrogen-bond acceptors (Lipinski definition) is 4. The Morgan fingerprint density at radius 1 is 1.04 bits per heavy atom. The highest BCUT2D eigenvalue weighted by Crippen LogP contribution is 2.32. The molecule has 0 aliphatic carbocycles. The zero-order valence-electron chi connectivity index (χ0n) is 13.0. The number of hydrogen-bond donors (Lipinski definition) is 1. The summed E-state index contributed by atoms with van der Waals surface area (Å²) in [7, 11) is 0. The van der Waals surface area contributed by atoms with E-state index in [1.54, 1.807) is 36.8 Å². The Morgan fingerprint density at radius 2 is 1.96 bits per heavy atom. The van der Waals surface area contributed by atoms with E-state index in [9.17, 15) is 4.79 Å². The second-order valence-electron chi connectivity index (χ2n) is 5.63. The van der Waals surface area contributed by atoms with Gasteiger partial charge in [-0.3, -0.25) is 9.78 Å². The van der Waals surface area contributed by atoms with E-state index in [2.05, 4.69) is 38.4 Å². The maximum atomic E-state index is 12.3. The van der Waals surface area contributed by atoms with Crippen molar-refractivity contribution in [3.63, 3.8) is 0 Å². The van der Waals surface area contributed by atoms with Crippen LogP contribution in [0.15, 0.2) is 67.1 Å². The molecule has 0 bridgehead atoms. The molecule has 4 rings (SSSR count). The van der Waals surface area contributed by atoms with Crippen LogP contribution in [0, 0.1) is 0 Å². The molecule has 1 aliphatic heterocycles. The molecule has 0 radical (unpaired) electrons. The van der Waals surface area contributed by atoms with E-state index in [0.717, 1.165) is 18.8 Å². The molecule has 118 valence electrons. The molecule has 0 fully saturated rings. The molecule has 1 aromatic carbocycles. The van der Waals surface area contributed by atoms with Gasteiger partial charge in [-0.25, -0.2) is 4.98 Å². The lowest BCUT2D eigenvalue weighted by Crippen LogP contribution is -2.16. The van der Waals surface area contributed by atoms with E-state index in [0.29, 0.717) is 11.3 Å². The highest BCUT2D eigenvalue weighted by atomic mass is 16.1. The lowest BCUT2D eigenvalue weighted by Gasteiger charge is -2.18. The highest BCUT2D eigenvalue weighted by molar-refractivity contribution is 6.04. The van der Waals surface area contributed by atoms with E-state index in [-0.39, 0.29) is 5.91 Å². The molecule has 0 atom stereocenters. The number of carbonyl (C=O) groups is 1. The molecular formula is C19H16N4O. The number of para-hydroxylation sites is 1. The number of fused-ring (bicyclic) bond motifs is 1. The molecule has 1 aliphatic rings. The van der Waals surface area contributed by atoms with Gasteiger partial charge in [0.15, 0.2) is 0 Å². The molecule has 24 heavy (non-hydrogen) atoms. The van der Waals surface area contributed by atoms with Gasteiger partial charge in [-0.1, -0.05) is 18.2 Å². The predicted molar refractivity (Wildman–Crippen MR) is 93.6 cm³/mol. The first-order valence-electron chi connectivity index (χ1n) is 7.84. The Morgan fingerprint density at radius 3 is 2.75 bits per heavy atom. The van der Waals surface area contributed by atoms with Crippen LogP contribution in [0.4, 0.5) is 17.2 Å². The summed E-state index contributed by atoms with van der Waals surface area (Å²) in [4.78, 5) is 22.9. The van der Waals surface area contributed by atoms with Crippen molar-refractivity contribution in [1.29, 1.82) is 0 Å². The summed E-state index contributed by atoms with van der Waals surface area (Å²) in [6, 6.07) is 15.6. The van der Waals surface area contributed by atoms with Gasteiger partial charge in [-0.05, 0) is 42.3 Å². The first-order valence-corrected chi connectivity index (χ1v) is 7.84. The molecule has 5 heteroatoms. The third-order valence-corrected chi connectivity index (χ3v) is 4.09. The van der Waals surface area contributed by atoms with E-state index in [4.69, 9.17) is 0 Å². The van der Waals surface area contributed by atoms with Gasteiger partial charge in [-0.15, -0.1) is 0 Å². The van der Waals surface area contributed by atoms with Crippen molar-refractivity contribution in [2.24, 2.45) is 0 Å². The Kier molecular flexibility index (Phi) is 3.67. The summed E-state index contributed by atoms with van der Waals surface area (Å²) < 4.78 is 0. The number of rotatable bonds is 3. The molecule has 3 aromatic rings. The number of amides is 1. The molecule has 1 amide bonds. The van der Waals surface area contributed by atoms with Gasteiger partial charge in [0, 0.05) is 24.6 Å². The quantitative estimate of drug-likeness (QED) is 0.804. The number of carbonyl (C=O) groups excluding carboxylic acids is 1. The Balaban J connectivity index is 1.52. The van der Waals surface area contributed by atoms with Crippen molar-refractivity contribution < 1.29 is 4.79 Å². The summed E-state index contributed by atoms with van der Waals surface area (Å²) in [5.74, 6) is 0.668. The van der Waals surface area contributed by atoms with E-state index >= 15 is 0 Å².